The van der Waals surface area contributed by atoms with Gasteiger partial charge in [-0.3, -0.25) is 9.78 Å². The van der Waals surface area contributed by atoms with Gasteiger partial charge in [-0.15, -0.1) is 5.10 Å². The van der Waals surface area contributed by atoms with Crippen LogP contribution in [0, 0.1) is 0 Å². The van der Waals surface area contributed by atoms with Gasteiger partial charge in [-0.25, -0.2) is 9.67 Å². The zero-order valence-corrected chi connectivity index (χ0v) is 16.9. The number of nitrogens with two attached hydrogens (primary N) is 1. The Balaban J connectivity index is 1.76. The molecule has 2 heterocycles. The van der Waals surface area contributed by atoms with E-state index in [2.05, 4.69) is 15.1 Å². The number of halogens is 6. The number of hydrogen-bond donors (Lipinski definition) is 1. The van der Waals surface area contributed by atoms with Gasteiger partial charge in [0.1, 0.15) is 6.33 Å². The lowest BCUT2D eigenvalue weighted by Crippen LogP contribution is -2.14. The highest BCUT2D eigenvalue weighted by atomic mass is 19.4. The van der Waals surface area contributed by atoms with Crippen LogP contribution in [0.2, 0.25) is 0 Å². The predicted molar refractivity (Wildman–Crippen MR) is 111 cm³/mol. The van der Waals surface area contributed by atoms with Gasteiger partial charge in [0.15, 0.2) is 5.82 Å². The Morgan fingerprint density at radius 1 is 0.912 bits per heavy atom. The molecular weight excluding hydrogens is 464 g/mol. The molecule has 0 atom stereocenters. The Morgan fingerprint density at radius 2 is 1.56 bits per heavy atom. The Hall–Kier alpha value is -4.22. The van der Waals surface area contributed by atoms with Gasteiger partial charge in [-0.05, 0) is 30.3 Å². The Kier molecular flexibility index (Phi) is 5.59. The smallest absolute Gasteiger partial charge is 0.366 e. The summed E-state index contributed by atoms with van der Waals surface area (Å²) in [6.07, 6.45) is -6.44. The molecule has 0 spiro atoms. The third-order valence-corrected chi connectivity index (χ3v) is 4.78. The van der Waals surface area contributed by atoms with E-state index in [9.17, 15) is 31.1 Å². The predicted octanol–water partition coefficient (Wildman–Crippen LogP) is 5.01. The fourth-order valence-corrected chi connectivity index (χ4v) is 3.18. The van der Waals surface area contributed by atoms with E-state index in [0.29, 0.717) is 23.2 Å². The van der Waals surface area contributed by atoms with E-state index in [0.717, 1.165) is 22.6 Å². The fraction of sp³-hybridized carbons (Fsp3) is 0.0909. The third kappa shape index (κ3) is 4.75. The number of nitrogens with zero attached hydrogens (tertiary/aromatic N) is 4. The van der Waals surface area contributed by atoms with Crippen LogP contribution < -0.4 is 5.73 Å². The second kappa shape index (κ2) is 8.28. The SMILES string of the molecule is NC(=O)C(=Cn1cnc(-c2cc(C(F)(F)F)cc(C(F)(F)F)c2)n1)c1cnc2ccccc2c1. The summed E-state index contributed by atoms with van der Waals surface area (Å²) in [7, 11) is 0. The molecule has 1 amide bonds. The lowest BCUT2D eigenvalue weighted by molar-refractivity contribution is -0.143. The molecule has 12 heteroatoms. The zero-order chi connectivity index (χ0) is 24.7. The molecule has 0 aliphatic carbocycles. The summed E-state index contributed by atoms with van der Waals surface area (Å²) in [6, 6.07) is 9.79. The Labute approximate surface area is 187 Å². The van der Waals surface area contributed by atoms with Crippen LogP contribution in [0.15, 0.2) is 61.1 Å². The van der Waals surface area contributed by atoms with Gasteiger partial charge in [0.25, 0.3) is 5.91 Å². The lowest BCUT2D eigenvalue weighted by atomic mass is 10.0. The van der Waals surface area contributed by atoms with Crippen LogP contribution in [-0.2, 0) is 17.1 Å². The topological polar surface area (TPSA) is 86.7 Å². The molecule has 0 aliphatic rings. The number of rotatable bonds is 4. The summed E-state index contributed by atoms with van der Waals surface area (Å²) in [5.74, 6) is -1.26. The molecule has 2 aromatic heterocycles. The van der Waals surface area contributed by atoms with Crippen LogP contribution in [0.25, 0.3) is 34.1 Å². The second-order valence-electron chi connectivity index (χ2n) is 7.17. The molecule has 6 nitrogen and oxygen atoms in total. The van der Waals surface area contributed by atoms with Crippen molar-refractivity contribution in [3.05, 3.63) is 77.7 Å². The fourth-order valence-electron chi connectivity index (χ4n) is 3.18. The van der Waals surface area contributed by atoms with Gasteiger partial charge in [0, 0.05) is 28.9 Å². The minimum absolute atomic E-state index is 0.0122. The van der Waals surface area contributed by atoms with Gasteiger partial charge >= 0.3 is 12.4 Å². The summed E-state index contributed by atoms with van der Waals surface area (Å²) in [6.45, 7) is 0. The molecular formula is C22H13F6N5O. The molecule has 0 unspecified atom stereocenters. The number of carbonyl (C=O) groups excluding carboxylic acids is 1. The van der Waals surface area contributed by atoms with Gasteiger partial charge in [0.2, 0.25) is 0 Å². The number of fused-ring (bicyclic) bond motifs is 1. The van der Waals surface area contributed by atoms with E-state index in [4.69, 9.17) is 5.73 Å². The average molecular weight is 477 g/mol. The molecule has 174 valence electrons. The minimum Gasteiger partial charge on any atom is -0.366 e. The molecule has 2 N–H and O–H groups in total. The number of benzene rings is 2. The van der Waals surface area contributed by atoms with Crippen molar-refractivity contribution in [2.75, 3.05) is 0 Å². The number of para-hydroxylation sites is 1. The quantitative estimate of drug-likeness (QED) is 0.331. The summed E-state index contributed by atoms with van der Waals surface area (Å²) in [4.78, 5) is 20.1. The minimum atomic E-state index is -5.01. The Morgan fingerprint density at radius 3 is 2.18 bits per heavy atom. The molecule has 4 aromatic rings. The van der Waals surface area contributed by atoms with Crippen molar-refractivity contribution in [1.29, 1.82) is 0 Å². The van der Waals surface area contributed by atoms with Crippen LogP contribution in [-0.4, -0.2) is 25.7 Å². The first kappa shape index (κ1) is 23.0. The molecule has 2 aromatic carbocycles. The molecule has 0 saturated carbocycles. The number of amides is 1. The Bertz CT molecular complexity index is 1390. The van der Waals surface area contributed by atoms with Crippen LogP contribution in [0.5, 0.6) is 0 Å². The normalized spacial score (nSPS) is 12.8. The largest absolute Gasteiger partial charge is 0.416 e. The highest BCUT2D eigenvalue weighted by Crippen LogP contribution is 2.38. The first-order chi connectivity index (χ1) is 15.9. The van der Waals surface area contributed by atoms with Gasteiger partial charge < -0.3 is 5.73 Å². The third-order valence-electron chi connectivity index (χ3n) is 4.78. The molecule has 0 bridgehead atoms. The molecule has 0 aliphatic heterocycles. The van der Waals surface area contributed by atoms with Crippen molar-refractivity contribution in [3.8, 4) is 11.4 Å². The average Bonchev–Trinajstić information content (AvgIpc) is 3.24. The second-order valence-corrected chi connectivity index (χ2v) is 7.17. The summed E-state index contributed by atoms with van der Waals surface area (Å²) >= 11 is 0. The van der Waals surface area contributed by atoms with E-state index in [1.54, 1.807) is 30.3 Å². The van der Waals surface area contributed by atoms with Crippen molar-refractivity contribution < 1.29 is 31.1 Å². The molecule has 0 fully saturated rings. The van der Waals surface area contributed by atoms with Crippen LogP contribution in [0.1, 0.15) is 16.7 Å². The number of aromatic nitrogens is 4. The molecule has 4 rings (SSSR count). The monoisotopic (exact) mass is 477 g/mol. The number of carbonyl (C=O) groups is 1. The molecule has 0 radical (unpaired) electrons. The van der Waals surface area contributed by atoms with E-state index in [1.165, 1.54) is 6.20 Å². The number of hydrogen-bond acceptors (Lipinski definition) is 4. The standard InChI is InChI=1S/C22H13F6N5O/c23-21(24,25)15-6-13(7-16(8-15)22(26,27)28)20-31-11-33(32-20)10-17(19(29)34)14-5-12-3-1-2-4-18(12)30-9-14/h1-11H,(H2,29,34). The number of primary amides is 1. The van der Waals surface area contributed by atoms with Crippen LogP contribution >= 0.6 is 0 Å². The van der Waals surface area contributed by atoms with E-state index >= 15 is 0 Å². The summed E-state index contributed by atoms with van der Waals surface area (Å²) < 4.78 is 79.8. The number of pyridine rings is 1. The first-order valence-corrected chi connectivity index (χ1v) is 9.49. The summed E-state index contributed by atoms with van der Waals surface area (Å²) in [5.41, 5.74) is 2.94. The highest BCUT2D eigenvalue weighted by Gasteiger charge is 2.37. The van der Waals surface area contributed by atoms with E-state index in [-0.39, 0.29) is 11.6 Å². The van der Waals surface area contributed by atoms with E-state index in [1.807, 2.05) is 0 Å². The maximum atomic E-state index is 13.1. The molecule has 0 saturated heterocycles. The lowest BCUT2D eigenvalue weighted by Gasteiger charge is -2.13. The van der Waals surface area contributed by atoms with Crippen molar-refractivity contribution in [3.63, 3.8) is 0 Å². The van der Waals surface area contributed by atoms with Crippen molar-refractivity contribution >= 4 is 28.6 Å². The van der Waals surface area contributed by atoms with Gasteiger partial charge in [0.05, 0.1) is 22.2 Å². The highest BCUT2D eigenvalue weighted by molar-refractivity contribution is 6.22. The van der Waals surface area contributed by atoms with Gasteiger partial charge in [-0.2, -0.15) is 26.3 Å². The summed E-state index contributed by atoms with van der Waals surface area (Å²) in [5, 5.41) is 4.62. The van der Waals surface area contributed by atoms with E-state index < -0.39 is 40.8 Å². The zero-order valence-electron chi connectivity index (χ0n) is 16.9. The van der Waals surface area contributed by atoms with Crippen molar-refractivity contribution in [1.82, 2.24) is 19.7 Å². The maximum absolute atomic E-state index is 13.1. The molecule has 34 heavy (non-hydrogen) atoms. The number of alkyl halides is 6. The van der Waals surface area contributed by atoms with Crippen LogP contribution in [0.3, 0.4) is 0 Å². The van der Waals surface area contributed by atoms with Crippen LogP contribution in [0.4, 0.5) is 26.3 Å². The van der Waals surface area contributed by atoms with Crippen molar-refractivity contribution in [2.45, 2.75) is 12.4 Å². The van der Waals surface area contributed by atoms with Gasteiger partial charge in [-0.1, -0.05) is 18.2 Å². The maximum Gasteiger partial charge on any atom is 0.416 e. The first-order valence-electron chi connectivity index (χ1n) is 9.49. The van der Waals surface area contributed by atoms with Crippen molar-refractivity contribution in [2.24, 2.45) is 5.73 Å².